The van der Waals surface area contributed by atoms with Crippen LogP contribution in [0, 0.1) is 5.92 Å². The summed E-state index contributed by atoms with van der Waals surface area (Å²) in [6, 6.07) is -1.79. The van der Waals surface area contributed by atoms with Crippen LogP contribution in [-0.4, -0.2) is 52.7 Å². The molecule has 0 aromatic carbocycles. The number of carboxylic acids is 1. The summed E-state index contributed by atoms with van der Waals surface area (Å²) in [4.78, 5) is 36.4. The highest BCUT2D eigenvalue weighted by Crippen LogP contribution is 2.12. The quantitative estimate of drug-likeness (QED) is 0.779. The van der Waals surface area contributed by atoms with Gasteiger partial charge in [-0.05, 0) is 40.0 Å². The zero-order valence-corrected chi connectivity index (χ0v) is 14.5. The maximum atomic E-state index is 12.3. The van der Waals surface area contributed by atoms with Crippen LogP contribution < -0.4 is 5.32 Å². The molecule has 2 N–H and O–H groups in total. The van der Waals surface area contributed by atoms with Gasteiger partial charge in [-0.25, -0.2) is 9.59 Å². The first-order valence-electron chi connectivity index (χ1n) is 7.34. The highest BCUT2D eigenvalue weighted by Gasteiger charge is 2.31. The predicted molar refractivity (Wildman–Crippen MR) is 82.5 cm³/mol. The topological polar surface area (TPSA) is 95.9 Å². The second-order valence-corrected chi connectivity index (χ2v) is 6.80. The van der Waals surface area contributed by atoms with E-state index in [1.807, 2.05) is 13.8 Å². The molecule has 0 saturated heterocycles. The van der Waals surface area contributed by atoms with Gasteiger partial charge in [0, 0.05) is 7.05 Å². The Labute approximate surface area is 132 Å². The number of ether oxygens (including phenoxy) is 1. The number of carbonyl (C=O) groups is 3. The maximum absolute atomic E-state index is 12.3. The molecule has 128 valence electrons. The van der Waals surface area contributed by atoms with Gasteiger partial charge in [0.1, 0.15) is 17.7 Å². The molecular formula is C15H28N2O5. The average Bonchev–Trinajstić information content (AvgIpc) is 2.30. The molecule has 2 atom stereocenters. The van der Waals surface area contributed by atoms with Crippen molar-refractivity contribution in [3.05, 3.63) is 0 Å². The van der Waals surface area contributed by atoms with E-state index >= 15 is 0 Å². The van der Waals surface area contributed by atoms with Gasteiger partial charge < -0.3 is 20.1 Å². The fourth-order valence-corrected chi connectivity index (χ4v) is 1.88. The molecule has 0 saturated carbocycles. The van der Waals surface area contributed by atoms with Crippen molar-refractivity contribution in [2.45, 2.75) is 65.6 Å². The Balaban J connectivity index is 4.78. The van der Waals surface area contributed by atoms with Crippen LogP contribution in [-0.2, 0) is 14.3 Å². The van der Waals surface area contributed by atoms with Gasteiger partial charge in [-0.1, -0.05) is 13.8 Å². The van der Waals surface area contributed by atoms with Crippen molar-refractivity contribution in [3.63, 3.8) is 0 Å². The summed E-state index contributed by atoms with van der Waals surface area (Å²) in [7, 11) is 1.43. The molecule has 0 heterocycles. The van der Waals surface area contributed by atoms with Gasteiger partial charge >= 0.3 is 12.1 Å². The van der Waals surface area contributed by atoms with Crippen LogP contribution >= 0.6 is 0 Å². The van der Waals surface area contributed by atoms with E-state index in [2.05, 4.69) is 5.32 Å². The van der Waals surface area contributed by atoms with Crippen molar-refractivity contribution >= 4 is 18.0 Å². The van der Waals surface area contributed by atoms with Gasteiger partial charge in [-0.15, -0.1) is 0 Å². The third-order valence-electron chi connectivity index (χ3n) is 2.90. The van der Waals surface area contributed by atoms with Crippen molar-refractivity contribution in [2.24, 2.45) is 5.92 Å². The van der Waals surface area contributed by atoms with Crippen molar-refractivity contribution in [3.8, 4) is 0 Å². The van der Waals surface area contributed by atoms with Gasteiger partial charge in [0.2, 0.25) is 5.91 Å². The highest BCUT2D eigenvalue weighted by atomic mass is 16.6. The van der Waals surface area contributed by atoms with E-state index < -0.39 is 35.7 Å². The smallest absolute Gasteiger partial charge is 0.408 e. The summed E-state index contributed by atoms with van der Waals surface area (Å²) in [5.74, 6) is -1.40. The van der Waals surface area contributed by atoms with Crippen molar-refractivity contribution in [1.82, 2.24) is 10.2 Å². The van der Waals surface area contributed by atoms with Gasteiger partial charge in [-0.2, -0.15) is 0 Å². The number of hydrogen-bond donors (Lipinski definition) is 2. The van der Waals surface area contributed by atoms with Crippen LogP contribution in [0.2, 0.25) is 0 Å². The monoisotopic (exact) mass is 316 g/mol. The summed E-state index contributed by atoms with van der Waals surface area (Å²) in [6.07, 6.45) is -0.367. The zero-order valence-electron chi connectivity index (χ0n) is 14.5. The van der Waals surface area contributed by atoms with E-state index in [1.54, 1.807) is 20.8 Å². The Kier molecular flexibility index (Phi) is 7.35. The first kappa shape index (κ1) is 20.2. The normalized spacial score (nSPS) is 14.2. The Hall–Kier alpha value is -1.79. The molecule has 0 spiro atoms. The molecule has 0 radical (unpaired) electrons. The number of carbonyl (C=O) groups excluding carboxylic acids is 2. The minimum absolute atomic E-state index is 0.130. The molecule has 22 heavy (non-hydrogen) atoms. The van der Waals surface area contributed by atoms with Gasteiger partial charge in [0.25, 0.3) is 0 Å². The Morgan fingerprint density at radius 2 is 1.68 bits per heavy atom. The number of rotatable bonds is 6. The molecule has 2 amide bonds. The van der Waals surface area contributed by atoms with E-state index in [0.29, 0.717) is 6.42 Å². The number of hydrogen-bond acceptors (Lipinski definition) is 4. The lowest BCUT2D eigenvalue weighted by Gasteiger charge is -2.29. The Morgan fingerprint density at radius 3 is 2.05 bits per heavy atom. The third kappa shape index (κ3) is 7.28. The van der Waals surface area contributed by atoms with E-state index in [-0.39, 0.29) is 5.92 Å². The van der Waals surface area contributed by atoms with E-state index in [0.717, 1.165) is 4.90 Å². The van der Waals surface area contributed by atoms with Crippen LogP contribution in [0.25, 0.3) is 0 Å². The lowest BCUT2D eigenvalue weighted by atomic mass is 10.0. The summed E-state index contributed by atoms with van der Waals surface area (Å²) in [5, 5.41) is 11.7. The summed E-state index contributed by atoms with van der Waals surface area (Å²) < 4.78 is 5.07. The highest BCUT2D eigenvalue weighted by molar-refractivity contribution is 5.88. The number of nitrogens with one attached hydrogen (secondary N) is 1. The number of nitrogens with zero attached hydrogens (tertiary/aromatic N) is 1. The van der Waals surface area contributed by atoms with Gasteiger partial charge in [-0.3, -0.25) is 4.79 Å². The molecule has 7 heteroatoms. The van der Waals surface area contributed by atoms with Gasteiger partial charge in [0.05, 0.1) is 0 Å². The molecule has 0 aliphatic heterocycles. The Bertz CT molecular complexity index is 415. The van der Waals surface area contributed by atoms with Crippen molar-refractivity contribution in [2.75, 3.05) is 7.05 Å². The molecule has 0 bridgehead atoms. The van der Waals surface area contributed by atoms with E-state index in [1.165, 1.54) is 14.0 Å². The lowest BCUT2D eigenvalue weighted by molar-refractivity contribution is -0.150. The molecule has 0 aromatic rings. The minimum Gasteiger partial charge on any atom is -0.480 e. The van der Waals surface area contributed by atoms with E-state index in [4.69, 9.17) is 4.74 Å². The standard InChI is InChI=1S/C15H28N2O5/c1-9(2)8-11(13(19)20)17(7)12(18)10(3)16-14(21)22-15(4,5)6/h9-11H,8H2,1-7H3,(H,16,21)(H,19,20)/t10-,11-/m0/s1. The molecule has 0 rings (SSSR count). The fourth-order valence-electron chi connectivity index (χ4n) is 1.88. The minimum atomic E-state index is -1.06. The third-order valence-corrected chi connectivity index (χ3v) is 2.90. The van der Waals surface area contributed by atoms with Crippen LogP contribution in [0.15, 0.2) is 0 Å². The van der Waals surface area contributed by atoms with Crippen LogP contribution in [0.3, 0.4) is 0 Å². The van der Waals surface area contributed by atoms with Crippen molar-refractivity contribution < 1.29 is 24.2 Å². The van der Waals surface area contributed by atoms with Gasteiger partial charge in [0.15, 0.2) is 0 Å². The lowest BCUT2D eigenvalue weighted by Crippen LogP contribution is -2.52. The molecule has 7 nitrogen and oxygen atoms in total. The molecule has 0 aliphatic carbocycles. The van der Waals surface area contributed by atoms with E-state index in [9.17, 15) is 19.5 Å². The fraction of sp³-hybridized carbons (Fsp3) is 0.800. The second-order valence-electron chi connectivity index (χ2n) is 6.80. The largest absolute Gasteiger partial charge is 0.480 e. The van der Waals surface area contributed by atoms with Crippen molar-refractivity contribution in [1.29, 1.82) is 0 Å². The summed E-state index contributed by atoms with van der Waals surface area (Å²) >= 11 is 0. The molecular weight excluding hydrogens is 288 g/mol. The SMILES string of the molecule is CC(C)C[C@@H](C(=O)O)N(C)C(=O)[C@H](C)NC(=O)OC(C)(C)C. The molecule has 0 unspecified atom stereocenters. The number of aliphatic carboxylic acids is 1. The maximum Gasteiger partial charge on any atom is 0.408 e. The summed E-state index contributed by atoms with van der Waals surface area (Å²) in [6.45, 7) is 10.4. The molecule has 0 aromatic heterocycles. The number of amides is 2. The number of likely N-dealkylation sites (N-methyl/N-ethyl adjacent to an activating group) is 1. The summed E-state index contributed by atoms with van der Waals surface area (Å²) in [5.41, 5.74) is -0.667. The van der Waals surface area contributed by atoms with Crippen LogP contribution in [0.5, 0.6) is 0 Å². The average molecular weight is 316 g/mol. The zero-order chi connectivity index (χ0) is 17.7. The van der Waals surface area contributed by atoms with Crippen LogP contribution in [0.1, 0.15) is 48.0 Å². The number of alkyl carbamates (subject to hydrolysis) is 1. The molecule has 0 aliphatic rings. The Morgan fingerprint density at radius 1 is 1.18 bits per heavy atom. The first-order chi connectivity index (χ1) is 9.85. The second kappa shape index (κ2) is 8.00. The predicted octanol–water partition coefficient (Wildman–Crippen LogP) is 1.86. The first-order valence-corrected chi connectivity index (χ1v) is 7.34. The van der Waals surface area contributed by atoms with Crippen LogP contribution in [0.4, 0.5) is 4.79 Å². The molecule has 0 fully saturated rings. The number of carboxylic acid groups (broad SMARTS) is 1.